The van der Waals surface area contributed by atoms with Crippen LogP contribution in [-0.4, -0.2) is 36.6 Å². The summed E-state index contributed by atoms with van der Waals surface area (Å²) in [7, 11) is 3.20. The topological polar surface area (TPSA) is 71.6 Å². The number of ether oxygens (including phenoxy) is 2. The lowest BCUT2D eigenvalue weighted by atomic mass is 10.0. The van der Waals surface area contributed by atoms with E-state index < -0.39 is 0 Å². The average molecular weight is 342 g/mol. The van der Waals surface area contributed by atoms with Crippen molar-refractivity contribution in [2.75, 3.05) is 20.8 Å². The lowest BCUT2D eigenvalue weighted by molar-refractivity contribution is 0.0732. The molecule has 0 saturated carbocycles. The van der Waals surface area contributed by atoms with Gasteiger partial charge < -0.3 is 19.4 Å². The standard InChI is InChI=1S/C19H22N2O4/c1-12-6-8-15(18(22)20-12)19(23)21-10-4-5-16(21)14-9-7-13(24-2)11-17(14)25-3/h6-9,11,16H,4-5,10H2,1-3H3,(H,20,22). The van der Waals surface area contributed by atoms with Gasteiger partial charge in [0.2, 0.25) is 0 Å². The van der Waals surface area contributed by atoms with Gasteiger partial charge in [-0.3, -0.25) is 9.59 Å². The smallest absolute Gasteiger partial charge is 0.260 e. The van der Waals surface area contributed by atoms with Crippen LogP contribution in [-0.2, 0) is 0 Å². The van der Waals surface area contributed by atoms with E-state index in [1.807, 2.05) is 18.2 Å². The number of rotatable bonds is 4. The number of aromatic nitrogens is 1. The average Bonchev–Trinajstić information content (AvgIpc) is 3.10. The number of likely N-dealkylation sites (tertiary alicyclic amines) is 1. The number of carbonyl (C=O) groups is 1. The summed E-state index contributed by atoms with van der Waals surface area (Å²) in [4.78, 5) is 29.5. The van der Waals surface area contributed by atoms with Gasteiger partial charge in [0.15, 0.2) is 0 Å². The highest BCUT2D eigenvalue weighted by atomic mass is 16.5. The fraction of sp³-hybridized carbons (Fsp3) is 0.368. The predicted molar refractivity (Wildman–Crippen MR) is 94.4 cm³/mol. The molecule has 1 saturated heterocycles. The summed E-state index contributed by atoms with van der Waals surface area (Å²) in [5.74, 6) is 1.13. The van der Waals surface area contributed by atoms with Crippen molar-refractivity contribution in [1.29, 1.82) is 0 Å². The number of pyridine rings is 1. The fourth-order valence-corrected chi connectivity index (χ4v) is 3.32. The first-order valence-electron chi connectivity index (χ1n) is 8.28. The van der Waals surface area contributed by atoms with E-state index >= 15 is 0 Å². The van der Waals surface area contributed by atoms with Gasteiger partial charge in [-0.15, -0.1) is 0 Å². The summed E-state index contributed by atoms with van der Waals surface area (Å²) in [6, 6.07) is 8.82. The molecule has 132 valence electrons. The third-order valence-electron chi connectivity index (χ3n) is 4.60. The molecule has 2 aromatic rings. The number of aryl methyl sites for hydroxylation is 1. The molecule has 1 aliphatic rings. The van der Waals surface area contributed by atoms with E-state index in [4.69, 9.17) is 9.47 Å². The van der Waals surface area contributed by atoms with Crippen molar-refractivity contribution in [2.24, 2.45) is 0 Å². The third kappa shape index (κ3) is 3.24. The van der Waals surface area contributed by atoms with Crippen LogP contribution in [0.25, 0.3) is 0 Å². The maximum atomic E-state index is 12.9. The molecule has 1 unspecified atom stereocenters. The first kappa shape index (κ1) is 17.1. The van der Waals surface area contributed by atoms with Crippen molar-refractivity contribution in [3.05, 3.63) is 57.5 Å². The molecule has 1 aromatic carbocycles. The second-order valence-corrected chi connectivity index (χ2v) is 6.15. The number of hydrogen-bond donors (Lipinski definition) is 1. The van der Waals surface area contributed by atoms with Gasteiger partial charge in [0, 0.05) is 23.9 Å². The van der Waals surface area contributed by atoms with Crippen LogP contribution in [0.2, 0.25) is 0 Å². The molecule has 1 aromatic heterocycles. The number of hydrogen-bond acceptors (Lipinski definition) is 4. The molecule has 1 amide bonds. The van der Waals surface area contributed by atoms with Gasteiger partial charge in [0.25, 0.3) is 11.5 Å². The summed E-state index contributed by atoms with van der Waals surface area (Å²) >= 11 is 0. The zero-order valence-corrected chi connectivity index (χ0v) is 14.7. The number of H-pyrrole nitrogens is 1. The molecule has 1 N–H and O–H groups in total. The molecule has 2 heterocycles. The molecule has 1 fully saturated rings. The van der Waals surface area contributed by atoms with E-state index in [0.29, 0.717) is 18.0 Å². The molecule has 0 spiro atoms. The van der Waals surface area contributed by atoms with Gasteiger partial charge in [-0.1, -0.05) is 0 Å². The first-order valence-corrected chi connectivity index (χ1v) is 8.28. The minimum absolute atomic E-state index is 0.117. The van der Waals surface area contributed by atoms with Gasteiger partial charge in [-0.25, -0.2) is 0 Å². The molecular formula is C19H22N2O4. The van der Waals surface area contributed by atoms with Crippen molar-refractivity contribution in [1.82, 2.24) is 9.88 Å². The molecule has 0 aliphatic carbocycles. The van der Waals surface area contributed by atoms with E-state index in [0.717, 1.165) is 24.1 Å². The number of methoxy groups -OCH3 is 2. The summed E-state index contributed by atoms with van der Waals surface area (Å²) < 4.78 is 10.7. The maximum Gasteiger partial charge on any atom is 0.260 e. The Bertz CT molecular complexity index is 844. The van der Waals surface area contributed by atoms with Crippen molar-refractivity contribution < 1.29 is 14.3 Å². The largest absolute Gasteiger partial charge is 0.497 e. The summed E-state index contributed by atoms with van der Waals surface area (Å²) in [5.41, 5.74) is 1.48. The molecule has 0 radical (unpaired) electrons. The highest BCUT2D eigenvalue weighted by Crippen LogP contribution is 2.39. The van der Waals surface area contributed by atoms with Crippen LogP contribution in [0.15, 0.2) is 35.1 Å². The van der Waals surface area contributed by atoms with Crippen LogP contribution in [0.5, 0.6) is 11.5 Å². The first-order chi connectivity index (χ1) is 12.0. The molecule has 1 atom stereocenters. The molecule has 6 nitrogen and oxygen atoms in total. The van der Waals surface area contributed by atoms with Crippen LogP contribution >= 0.6 is 0 Å². The minimum Gasteiger partial charge on any atom is -0.497 e. The Morgan fingerprint density at radius 2 is 2.00 bits per heavy atom. The predicted octanol–water partition coefficient (Wildman–Crippen LogP) is 2.68. The quantitative estimate of drug-likeness (QED) is 0.927. The van der Waals surface area contributed by atoms with Gasteiger partial charge in [0.05, 0.1) is 20.3 Å². The second kappa shape index (κ2) is 7.01. The molecule has 1 aliphatic heterocycles. The Balaban J connectivity index is 1.95. The Hall–Kier alpha value is -2.76. The number of nitrogens with zero attached hydrogens (tertiary/aromatic N) is 1. The molecule has 0 bridgehead atoms. The number of aromatic amines is 1. The second-order valence-electron chi connectivity index (χ2n) is 6.15. The van der Waals surface area contributed by atoms with E-state index in [-0.39, 0.29) is 23.1 Å². The highest BCUT2D eigenvalue weighted by molar-refractivity contribution is 5.94. The lowest BCUT2D eigenvalue weighted by Gasteiger charge is -2.26. The number of amides is 1. The molecule has 6 heteroatoms. The van der Waals surface area contributed by atoms with Crippen LogP contribution in [0.1, 0.15) is 40.5 Å². The van der Waals surface area contributed by atoms with Crippen molar-refractivity contribution in [3.8, 4) is 11.5 Å². The lowest BCUT2D eigenvalue weighted by Crippen LogP contribution is -2.34. The van der Waals surface area contributed by atoms with Gasteiger partial charge >= 0.3 is 0 Å². The third-order valence-corrected chi connectivity index (χ3v) is 4.60. The van der Waals surface area contributed by atoms with E-state index in [1.165, 1.54) is 0 Å². The zero-order valence-electron chi connectivity index (χ0n) is 14.7. The number of nitrogens with one attached hydrogen (secondary N) is 1. The SMILES string of the molecule is COc1ccc(C2CCCN2C(=O)c2ccc(C)[nH]c2=O)c(OC)c1. The van der Waals surface area contributed by atoms with Gasteiger partial charge in [-0.05, 0) is 44.0 Å². The molecule has 25 heavy (non-hydrogen) atoms. The Labute approximate surface area is 146 Å². The number of benzene rings is 1. The van der Waals surface area contributed by atoms with Crippen LogP contribution in [0, 0.1) is 6.92 Å². The Morgan fingerprint density at radius 1 is 1.20 bits per heavy atom. The fourth-order valence-electron chi connectivity index (χ4n) is 3.32. The number of carbonyl (C=O) groups excluding carboxylic acids is 1. The van der Waals surface area contributed by atoms with Crippen LogP contribution in [0.3, 0.4) is 0 Å². The summed E-state index contributed by atoms with van der Waals surface area (Å²) in [6.07, 6.45) is 1.72. The Morgan fingerprint density at radius 3 is 2.68 bits per heavy atom. The van der Waals surface area contributed by atoms with E-state index in [2.05, 4.69) is 4.98 Å². The maximum absolute atomic E-state index is 12.9. The van der Waals surface area contributed by atoms with Crippen LogP contribution in [0.4, 0.5) is 0 Å². The van der Waals surface area contributed by atoms with Crippen molar-refractivity contribution in [3.63, 3.8) is 0 Å². The highest BCUT2D eigenvalue weighted by Gasteiger charge is 2.33. The van der Waals surface area contributed by atoms with E-state index in [1.54, 1.807) is 38.2 Å². The Kier molecular flexibility index (Phi) is 4.79. The van der Waals surface area contributed by atoms with Gasteiger partial charge in [-0.2, -0.15) is 0 Å². The molecular weight excluding hydrogens is 320 g/mol. The van der Waals surface area contributed by atoms with Gasteiger partial charge in [0.1, 0.15) is 17.1 Å². The van der Waals surface area contributed by atoms with E-state index in [9.17, 15) is 9.59 Å². The monoisotopic (exact) mass is 342 g/mol. The summed E-state index contributed by atoms with van der Waals surface area (Å²) in [5, 5.41) is 0. The summed E-state index contributed by atoms with van der Waals surface area (Å²) in [6.45, 7) is 2.41. The van der Waals surface area contributed by atoms with Crippen molar-refractivity contribution >= 4 is 5.91 Å². The van der Waals surface area contributed by atoms with Crippen LogP contribution < -0.4 is 15.0 Å². The normalized spacial score (nSPS) is 16.8. The minimum atomic E-state index is -0.350. The zero-order chi connectivity index (χ0) is 18.0. The molecule has 3 rings (SSSR count). The van der Waals surface area contributed by atoms with Crippen molar-refractivity contribution in [2.45, 2.75) is 25.8 Å².